The normalized spacial score (nSPS) is 11.3. The van der Waals surface area contributed by atoms with Crippen molar-refractivity contribution in [2.45, 2.75) is 38.5 Å². The van der Waals surface area contributed by atoms with Gasteiger partial charge in [0.15, 0.2) is 9.84 Å². The van der Waals surface area contributed by atoms with E-state index in [-0.39, 0.29) is 23.0 Å². The Kier molecular flexibility index (Phi) is 7.89. The molecule has 0 fully saturated rings. The standard InChI is InChI=1S/C21H26ClNO4S/c1-15-13-16(2)17(3)20(14-15)27-11-4-10-23-21(24)9-12-28(25,26)19-7-5-18(22)6-8-19/h5-8,13-14H,4,9-12H2,1-3H3,(H,23,24). The fraction of sp³-hybridized carbons (Fsp3) is 0.381. The lowest BCUT2D eigenvalue weighted by atomic mass is 10.1. The van der Waals surface area contributed by atoms with Crippen molar-refractivity contribution < 1.29 is 17.9 Å². The number of benzene rings is 2. The van der Waals surface area contributed by atoms with Gasteiger partial charge in [0.1, 0.15) is 5.75 Å². The molecule has 0 spiro atoms. The second kappa shape index (κ2) is 9.94. The van der Waals surface area contributed by atoms with Gasteiger partial charge in [0.2, 0.25) is 5.91 Å². The molecule has 0 aliphatic heterocycles. The van der Waals surface area contributed by atoms with Crippen molar-refractivity contribution in [1.82, 2.24) is 5.32 Å². The molecule has 0 aliphatic rings. The van der Waals surface area contributed by atoms with E-state index in [1.807, 2.05) is 26.8 Å². The number of nitrogens with one attached hydrogen (secondary N) is 1. The summed E-state index contributed by atoms with van der Waals surface area (Å²) in [5, 5.41) is 3.20. The highest BCUT2D eigenvalue weighted by Crippen LogP contribution is 2.23. The van der Waals surface area contributed by atoms with E-state index in [1.165, 1.54) is 29.8 Å². The van der Waals surface area contributed by atoms with Crippen LogP contribution in [0.2, 0.25) is 5.02 Å². The van der Waals surface area contributed by atoms with Gasteiger partial charge in [-0.2, -0.15) is 0 Å². The number of halogens is 1. The number of hydrogen-bond donors (Lipinski definition) is 1. The Morgan fingerprint density at radius 3 is 2.46 bits per heavy atom. The molecule has 2 rings (SSSR count). The van der Waals surface area contributed by atoms with Crippen molar-refractivity contribution >= 4 is 27.3 Å². The molecule has 1 amide bonds. The molecule has 0 atom stereocenters. The van der Waals surface area contributed by atoms with Gasteiger partial charge in [0.25, 0.3) is 0 Å². The number of aryl methyl sites for hydroxylation is 2. The summed E-state index contributed by atoms with van der Waals surface area (Å²) >= 11 is 5.77. The van der Waals surface area contributed by atoms with Crippen molar-refractivity contribution in [3.63, 3.8) is 0 Å². The van der Waals surface area contributed by atoms with E-state index in [1.54, 1.807) is 0 Å². The largest absolute Gasteiger partial charge is 0.493 e. The highest BCUT2D eigenvalue weighted by molar-refractivity contribution is 7.91. The molecule has 0 aromatic heterocycles. The zero-order valence-electron chi connectivity index (χ0n) is 16.4. The topological polar surface area (TPSA) is 72.5 Å². The molecular formula is C21H26ClNO4S. The molecule has 0 saturated carbocycles. The molecule has 0 heterocycles. The molecule has 28 heavy (non-hydrogen) atoms. The van der Waals surface area contributed by atoms with Crippen LogP contribution >= 0.6 is 11.6 Å². The lowest BCUT2D eigenvalue weighted by Gasteiger charge is -2.12. The quantitative estimate of drug-likeness (QED) is 0.618. The Morgan fingerprint density at radius 2 is 1.79 bits per heavy atom. The molecule has 152 valence electrons. The van der Waals surface area contributed by atoms with Crippen LogP contribution in [0.1, 0.15) is 29.5 Å². The number of ether oxygens (including phenoxy) is 1. The van der Waals surface area contributed by atoms with Crippen LogP contribution in [0.3, 0.4) is 0 Å². The minimum Gasteiger partial charge on any atom is -0.493 e. The lowest BCUT2D eigenvalue weighted by molar-refractivity contribution is -0.120. The number of amides is 1. The molecule has 0 saturated heterocycles. The van der Waals surface area contributed by atoms with Gasteiger partial charge in [-0.15, -0.1) is 0 Å². The average molecular weight is 424 g/mol. The van der Waals surface area contributed by atoms with Crippen molar-refractivity contribution in [3.8, 4) is 5.75 Å². The molecule has 0 unspecified atom stereocenters. The minimum atomic E-state index is -3.50. The van der Waals surface area contributed by atoms with Gasteiger partial charge in [-0.1, -0.05) is 17.7 Å². The zero-order valence-corrected chi connectivity index (χ0v) is 18.0. The predicted molar refractivity (Wildman–Crippen MR) is 112 cm³/mol. The monoisotopic (exact) mass is 423 g/mol. The van der Waals surface area contributed by atoms with Gasteiger partial charge < -0.3 is 10.1 Å². The van der Waals surface area contributed by atoms with E-state index >= 15 is 0 Å². The van der Waals surface area contributed by atoms with E-state index in [0.717, 1.165) is 16.9 Å². The molecule has 0 radical (unpaired) electrons. The van der Waals surface area contributed by atoms with Crippen molar-refractivity contribution in [2.75, 3.05) is 18.9 Å². The first-order valence-electron chi connectivity index (χ1n) is 9.15. The van der Waals surface area contributed by atoms with Crippen molar-refractivity contribution in [1.29, 1.82) is 0 Å². The van der Waals surface area contributed by atoms with Gasteiger partial charge in [-0.25, -0.2) is 8.42 Å². The third kappa shape index (κ3) is 6.53. The Bertz CT molecular complexity index is 924. The molecule has 1 N–H and O–H groups in total. The SMILES string of the molecule is Cc1cc(C)c(C)c(OCCCNC(=O)CCS(=O)(=O)c2ccc(Cl)cc2)c1. The maximum atomic E-state index is 12.2. The van der Waals surface area contributed by atoms with Gasteiger partial charge in [-0.3, -0.25) is 4.79 Å². The highest BCUT2D eigenvalue weighted by Gasteiger charge is 2.16. The van der Waals surface area contributed by atoms with Gasteiger partial charge >= 0.3 is 0 Å². The summed E-state index contributed by atoms with van der Waals surface area (Å²) in [5.74, 6) is 0.330. The molecule has 5 nitrogen and oxygen atoms in total. The summed E-state index contributed by atoms with van der Waals surface area (Å²) < 4.78 is 30.3. The molecule has 7 heteroatoms. The third-order valence-corrected chi connectivity index (χ3v) is 6.42. The van der Waals surface area contributed by atoms with Crippen LogP contribution in [-0.4, -0.2) is 33.2 Å². The van der Waals surface area contributed by atoms with Crippen LogP contribution in [-0.2, 0) is 14.6 Å². The van der Waals surface area contributed by atoms with Crippen molar-refractivity contribution in [3.05, 3.63) is 58.1 Å². The Hall–Kier alpha value is -2.05. The molecule has 2 aromatic rings. The Balaban J connectivity index is 1.71. The van der Waals surface area contributed by atoms with E-state index in [4.69, 9.17) is 16.3 Å². The minimum absolute atomic E-state index is 0.0813. The summed E-state index contributed by atoms with van der Waals surface area (Å²) in [6.45, 7) is 7.01. The lowest BCUT2D eigenvalue weighted by Crippen LogP contribution is -2.27. The number of carbonyl (C=O) groups is 1. The van der Waals surface area contributed by atoms with Crippen LogP contribution in [0.25, 0.3) is 0 Å². The maximum Gasteiger partial charge on any atom is 0.221 e. The van der Waals surface area contributed by atoms with Gasteiger partial charge in [0.05, 0.1) is 17.3 Å². The zero-order chi connectivity index (χ0) is 20.7. The Morgan fingerprint density at radius 1 is 1.11 bits per heavy atom. The summed E-state index contributed by atoms with van der Waals surface area (Å²) in [4.78, 5) is 12.1. The fourth-order valence-corrected chi connectivity index (χ4v) is 4.07. The van der Waals surface area contributed by atoms with E-state index in [0.29, 0.717) is 24.6 Å². The number of rotatable bonds is 9. The summed E-state index contributed by atoms with van der Waals surface area (Å²) in [5.41, 5.74) is 3.44. The Labute approximate surface area is 172 Å². The van der Waals surface area contributed by atoms with Crippen LogP contribution in [0.4, 0.5) is 0 Å². The second-order valence-electron chi connectivity index (χ2n) is 6.78. The van der Waals surface area contributed by atoms with E-state index < -0.39 is 9.84 Å². The fourth-order valence-electron chi connectivity index (χ4n) is 2.71. The van der Waals surface area contributed by atoms with Gasteiger partial charge in [-0.05, 0) is 74.2 Å². The average Bonchev–Trinajstić information content (AvgIpc) is 2.64. The maximum absolute atomic E-state index is 12.2. The smallest absolute Gasteiger partial charge is 0.221 e. The first-order valence-corrected chi connectivity index (χ1v) is 11.2. The van der Waals surface area contributed by atoms with E-state index in [2.05, 4.69) is 11.4 Å². The molecule has 2 aromatic carbocycles. The molecule has 0 bridgehead atoms. The van der Waals surface area contributed by atoms with Gasteiger partial charge in [0, 0.05) is 18.0 Å². The van der Waals surface area contributed by atoms with E-state index in [9.17, 15) is 13.2 Å². The van der Waals surface area contributed by atoms with Crippen molar-refractivity contribution in [2.24, 2.45) is 0 Å². The first-order chi connectivity index (χ1) is 13.2. The molecule has 0 aliphatic carbocycles. The number of sulfone groups is 1. The molecular weight excluding hydrogens is 398 g/mol. The summed E-state index contributed by atoms with van der Waals surface area (Å²) in [7, 11) is -3.50. The number of carbonyl (C=O) groups excluding carboxylic acids is 1. The summed E-state index contributed by atoms with van der Waals surface area (Å²) in [6, 6.07) is 10.0. The van der Waals surface area contributed by atoms with Crippen LogP contribution in [0, 0.1) is 20.8 Å². The number of hydrogen-bond acceptors (Lipinski definition) is 4. The van der Waals surface area contributed by atoms with Crippen LogP contribution in [0.15, 0.2) is 41.3 Å². The third-order valence-electron chi connectivity index (χ3n) is 4.44. The highest BCUT2D eigenvalue weighted by atomic mass is 35.5. The second-order valence-corrected chi connectivity index (χ2v) is 9.33. The first kappa shape index (κ1) is 22.2. The summed E-state index contributed by atoms with van der Waals surface area (Å²) in [6.07, 6.45) is 0.560. The van der Waals surface area contributed by atoms with Crippen LogP contribution < -0.4 is 10.1 Å². The van der Waals surface area contributed by atoms with Crippen LogP contribution in [0.5, 0.6) is 5.75 Å². The predicted octanol–water partition coefficient (Wildman–Crippen LogP) is 4.01.